The Kier molecular flexibility index (Phi) is 7.17. The molecule has 0 bridgehead atoms. The molecule has 188 valence electrons. The number of halogens is 3. The third kappa shape index (κ3) is 5.19. The van der Waals surface area contributed by atoms with Crippen LogP contribution in [0.15, 0.2) is 48.8 Å². The van der Waals surface area contributed by atoms with Gasteiger partial charge in [0.05, 0.1) is 5.56 Å². The first-order valence-corrected chi connectivity index (χ1v) is 12.0. The molecular formula is C26H31F3N4O2. The van der Waals surface area contributed by atoms with Crippen LogP contribution in [-0.4, -0.2) is 69.9 Å². The SMILES string of the molecule is CC(Cc1cccc(C(F)(F)F)c1)N1CCC2(CC1)C(=O)N(CCCc1ccncc1)C(=O)N2C. The lowest BCUT2D eigenvalue weighted by atomic mass is 9.85. The fourth-order valence-corrected chi connectivity index (χ4v) is 5.26. The molecule has 0 saturated carbocycles. The first-order valence-electron chi connectivity index (χ1n) is 12.0. The highest BCUT2D eigenvalue weighted by Gasteiger charge is 2.56. The van der Waals surface area contributed by atoms with E-state index in [1.54, 1.807) is 30.4 Å². The molecule has 6 nitrogen and oxygen atoms in total. The van der Waals surface area contributed by atoms with E-state index in [0.29, 0.717) is 50.9 Å². The maximum atomic E-state index is 13.4. The van der Waals surface area contributed by atoms with Gasteiger partial charge in [-0.3, -0.25) is 14.7 Å². The van der Waals surface area contributed by atoms with Crippen molar-refractivity contribution in [3.8, 4) is 0 Å². The number of benzene rings is 1. The molecule has 2 aromatic rings. The van der Waals surface area contributed by atoms with Crippen LogP contribution in [0.5, 0.6) is 0 Å². The summed E-state index contributed by atoms with van der Waals surface area (Å²) in [5.74, 6) is -0.134. The molecule has 0 aliphatic carbocycles. The number of hydrogen-bond donors (Lipinski definition) is 0. The van der Waals surface area contributed by atoms with Crippen molar-refractivity contribution in [2.24, 2.45) is 0 Å². The van der Waals surface area contributed by atoms with Crippen LogP contribution in [0.25, 0.3) is 0 Å². The van der Waals surface area contributed by atoms with Gasteiger partial charge in [-0.2, -0.15) is 13.2 Å². The number of carbonyl (C=O) groups is 2. The maximum absolute atomic E-state index is 13.4. The minimum absolute atomic E-state index is 0.0183. The van der Waals surface area contributed by atoms with Crippen LogP contribution in [0.4, 0.5) is 18.0 Å². The fourth-order valence-electron chi connectivity index (χ4n) is 5.26. The number of likely N-dealkylation sites (tertiary alicyclic amines) is 1. The summed E-state index contributed by atoms with van der Waals surface area (Å²) in [5, 5.41) is 0. The average molecular weight is 489 g/mol. The number of piperidine rings is 1. The number of pyridine rings is 1. The molecule has 3 heterocycles. The first kappa shape index (κ1) is 25.2. The summed E-state index contributed by atoms with van der Waals surface area (Å²) in [5.41, 5.74) is 0.281. The number of urea groups is 1. The number of alkyl halides is 3. The Morgan fingerprint density at radius 1 is 1.06 bits per heavy atom. The molecule has 1 spiro atoms. The number of nitrogens with zero attached hydrogens (tertiary/aromatic N) is 4. The van der Waals surface area contributed by atoms with E-state index >= 15 is 0 Å². The van der Waals surface area contributed by atoms with Crippen LogP contribution in [0.1, 0.15) is 42.9 Å². The van der Waals surface area contributed by atoms with E-state index in [9.17, 15) is 22.8 Å². The molecule has 2 aliphatic rings. The summed E-state index contributed by atoms with van der Waals surface area (Å²) in [6, 6.07) is 9.07. The van der Waals surface area contributed by atoms with Crippen molar-refractivity contribution in [1.29, 1.82) is 0 Å². The van der Waals surface area contributed by atoms with Gasteiger partial charge >= 0.3 is 12.2 Å². The van der Waals surface area contributed by atoms with Gasteiger partial charge in [-0.15, -0.1) is 0 Å². The summed E-state index contributed by atoms with van der Waals surface area (Å²) in [6.45, 7) is 3.58. The number of aryl methyl sites for hydroxylation is 1. The van der Waals surface area contributed by atoms with Gasteiger partial charge in [-0.25, -0.2) is 4.79 Å². The van der Waals surface area contributed by atoms with Crippen molar-refractivity contribution in [1.82, 2.24) is 19.7 Å². The second kappa shape index (κ2) is 9.97. The zero-order valence-electron chi connectivity index (χ0n) is 20.1. The van der Waals surface area contributed by atoms with Gasteiger partial charge in [0, 0.05) is 45.1 Å². The molecule has 0 N–H and O–H groups in total. The number of rotatable bonds is 7. The van der Waals surface area contributed by atoms with Crippen LogP contribution in [0.3, 0.4) is 0 Å². The minimum Gasteiger partial charge on any atom is -0.312 e. The topological polar surface area (TPSA) is 56.8 Å². The number of amides is 3. The highest BCUT2D eigenvalue weighted by atomic mass is 19.4. The number of hydrogen-bond acceptors (Lipinski definition) is 4. The largest absolute Gasteiger partial charge is 0.416 e. The van der Waals surface area contributed by atoms with E-state index in [0.717, 1.165) is 18.1 Å². The highest BCUT2D eigenvalue weighted by molar-refractivity contribution is 6.07. The third-order valence-corrected chi connectivity index (χ3v) is 7.43. The zero-order valence-corrected chi connectivity index (χ0v) is 20.1. The predicted octanol–water partition coefficient (Wildman–Crippen LogP) is 4.39. The Labute approximate surface area is 203 Å². The van der Waals surface area contributed by atoms with Crippen molar-refractivity contribution in [2.75, 3.05) is 26.7 Å². The van der Waals surface area contributed by atoms with E-state index in [4.69, 9.17) is 0 Å². The smallest absolute Gasteiger partial charge is 0.312 e. The summed E-state index contributed by atoms with van der Waals surface area (Å²) < 4.78 is 39.1. The van der Waals surface area contributed by atoms with Gasteiger partial charge in [-0.05, 0) is 68.4 Å². The van der Waals surface area contributed by atoms with Crippen molar-refractivity contribution in [2.45, 2.75) is 56.8 Å². The monoisotopic (exact) mass is 488 g/mol. The van der Waals surface area contributed by atoms with E-state index in [1.165, 1.54) is 17.0 Å². The summed E-state index contributed by atoms with van der Waals surface area (Å²) >= 11 is 0. The Morgan fingerprint density at radius 3 is 2.40 bits per heavy atom. The van der Waals surface area contributed by atoms with Crippen LogP contribution < -0.4 is 0 Å². The second-order valence-electron chi connectivity index (χ2n) is 9.58. The quantitative estimate of drug-likeness (QED) is 0.543. The molecule has 9 heteroatoms. The molecule has 2 fully saturated rings. The van der Waals surface area contributed by atoms with Crippen molar-refractivity contribution in [3.63, 3.8) is 0 Å². The first-order chi connectivity index (χ1) is 16.6. The molecular weight excluding hydrogens is 457 g/mol. The summed E-state index contributed by atoms with van der Waals surface area (Å²) in [7, 11) is 1.70. The average Bonchev–Trinajstić information content (AvgIpc) is 3.01. The third-order valence-electron chi connectivity index (χ3n) is 7.43. The lowest BCUT2D eigenvalue weighted by Crippen LogP contribution is -2.56. The van der Waals surface area contributed by atoms with Gasteiger partial charge in [0.15, 0.2) is 0 Å². The Balaban J connectivity index is 1.35. The molecule has 1 atom stereocenters. The van der Waals surface area contributed by atoms with E-state index in [-0.39, 0.29) is 18.0 Å². The van der Waals surface area contributed by atoms with Gasteiger partial charge < -0.3 is 9.80 Å². The van der Waals surface area contributed by atoms with Crippen LogP contribution in [0, 0.1) is 0 Å². The molecule has 2 aliphatic heterocycles. The van der Waals surface area contributed by atoms with Crippen LogP contribution in [-0.2, 0) is 23.8 Å². The molecule has 1 aromatic heterocycles. The van der Waals surface area contributed by atoms with E-state index in [1.807, 2.05) is 19.1 Å². The molecule has 1 aromatic carbocycles. The molecule has 0 radical (unpaired) electrons. The number of imide groups is 1. The molecule has 3 amide bonds. The fraction of sp³-hybridized carbons (Fsp3) is 0.500. The van der Waals surface area contributed by atoms with Gasteiger partial charge in [0.2, 0.25) is 0 Å². The molecule has 1 unspecified atom stereocenters. The minimum atomic E-state index is -4.36. The van der Waals surface area contributed by atoms with Crippen LogP contribution in [0.2, 0.25) is 0 Å². The number of carbonyl (C=O) groups excluding carboxylic acids is 2. The Bertz CT molecular complexity index is 1050. The zero-order chi connectivity index (χ0) is 25.2. The van der Waals surface area contributed by atoms with Gasteiger partial charge in [0.25, 0.3) is 5.91 Å². The lowest BCUT2D eigenvalue weighted by Gasteiger charge is -2.43. The standard InChI is InChI=1S/C26H31F3N4O2/c1-19(17-21-5-3-7-22(18-21)26(27,28)29)32-15-10-25(11-16-32)23(34)33(24(35)31(25)2)14-4-6-20-8-12-30-13-9-20/h3,5,7-9,12-13,18-19H,4,6,10-11,14-17H2,1-2H3. The number of likely N-dealkylation sites (N-methyl/N-ethyl adjacent to an activating group) is 1. The molecule has 35 heavy (non-hydrogen) atoms. The number of aromatic nitrogens is 1. The van der Waals surface area contributed by atoms with E-state index < -0.39 is 17.3 Å². The van der Waals surface area contributed by atoms with Crippen molar-refractivity contribution >= 4 is 11.9 Å². The predicted molar refractivity (Wildman–Crippen MR) is 126 cm³/mol. The highest BCUT2D eigenvalue weighted by Crippen LogP contribution is 2.37. The van der Waals surface area contributed by atoms with Gasteiger partial charge in [0.1, 0.15) is 5.54 Å². The summed E-state index contributed by atoms with van der Waals surface area (Å²) in [4.78, 5) is 35.5. The Hall–Kier alpha value is -2.94. The van der Waals surface area contributed by atoms with Crippen LogP contribution >= 0.6 is 0 Å². The normalized spacial score (nSPS) is 19.6. The Morgan fingerprint density at radius 2 is 1.74 bits per heavy atom. The van der Waals surface area contributed by atoms with Gasteiger partial charge in [-0.1, -0.05) is 18.2 Å². The molecule has 4 rings (SSSR count). The summed E-state index contributed by atoms with van der Waals surface area (Å²) in [6.07, 6.45) is 2.06. The lowest BCUT2D eigenvalue weighted by molar-refractivity contribution is -0.137. The maximum Gasteiger partial charge on any atom is 0.416 e. The van der Waals surface area contributed by atoms with Crippen molar-refractivity contribution in [3.05, 3.63) is 65.5 Å². The molecule has 2 saturated heterocycles. The second-order valence-corrected chi connectivity index (χ2v) is 9.58. The van der Waals surface area contributed by atoms with Crippen molar-refractivity contribution < 1.29 is 22.8 Å². The van der Waals surface area contributed by atoms with E-state index in [2.05, 4.69) is 9.88 Å².